The molecule has 0 aromatic rings. The van der Waals surface area contributed by atoms with Crippen LogP contribution in [-0.2, 0) is 9.59 Å². The fraction of sp³-hybridized carbons (Fsp3) is 0.857. The lowest BCUT2D eigenvalue weighted by Gasteiger charge is -2.26. The maximum Gasteiger partial charge on any atom is 0.223 e. The van der Waals surface area contributed by atoms with Gasteiger partial charge in [0, 0.05) is 24.9 Å². The van der Waals surface area contributed by atoms with Crippen LogP contribution in [0.25, 0.3) is 0 Å². The van der Waals surface area contributed by atoms with E-state index in [1.165, 1.54) is 0 Å². The van der Waals surface area contributed by atoms with Gasteiger partial charge in [0.15, 0.2) is 0 Å². The molecule has 5 heteroatoms. The molecule has 5 nitrogen and oxygen atoms in total. The molecule has 19 heavy (non-hydrogen) atoms. The minimum absolute atomic E-state index is 0.0119. The van der Waals surface area contributed by atoms with Crippen LogP contribution in [0.4, 0.5) is 0 Å². The molecule has 4 N–H and O–H groups in total. The SMILES string of the molecule is CC(C)NC(=O)CCNC(=O)C1CCC(CN)CC1. The van der Waals surface area contributed by atoms with Gasteiger partial charge in [0.05, 0.1) is 0 Å². The molecule has 0 bridgehead atoms. The van der Waals surface area contributed by atoms with E-state index < -0.39 is 0 Å². The Kier molecular flexibility index (Phi) is 6.84. The van der Waals surface area contributed by atoms with Gasteiger partial charge in [0.2, 0.25) is 11.8 Å². The summed E-state index contributed by atoms with van der Waals surface area (Å²) in [6, 6.07) is 0.148. The average Bonchev–Trinajstić information content (AvgIpc) is 2.37. The first-order valence-corrected chi connectivity index (χ1v) is 7.30. The second kappa shape index (κ2) is 8.15. The van der Waals surface area contributed by atoms with Crippen LogP contribution in [0.3, 0.4) is 0 Å². The number of amides is 2. The van der Waals surface area contributed by atoms with Crippen LogP contribution in [0.15, 0.2) is 0 Å². The molecule has 2 amide bonds. The first kappa shape index (κ1) is 16.0. The van der Waals surface area contributed by atoms with Gasteiger partial charge >= 0.3 is 0 Å². The molecule has 0 spiro atoms. The maximum atomic E-state index is 11.9. The fourth-order valence-corrected chi connectivity index (χ4v) is 2.50. The highest BCUT2D eigenvalue weighted by atomic mass is 16.2. The molecule has 1 aliphatic carbocycles. The molecular weight excluding hydrogens is 242 g/mol. The Labute approximate surface area is 115 Å². The fourth-order valence-electron chi connectivity index (χ4n) is 2.50. The Morgan fingerprint density at radius 2 is 1.84 bits per heavy atom. The molecule has 1 fully saturated rings. The molecule has 0 aromatic heterocycles. The maximum absolute atomic E-state index is 11.9. The minimum Gasteiger partial charge on any atom is -0.355 e. The molecule has 0 unspecified atom stereocenters. The van der Waals surface area contributed by atoms with Gasteiger partial charge in [-0.3, -0.25) is 9.59 Å². The Bertz CT molecular complexity index is 297. The molecule has 1 aliphatic rings. The summed E-state index contributed by atoms with van der Waals surface area (Å²) in [5.41, 5.74) is 5.63. The summed E-state index contributed by atoms with van der Waals surface area (Å²) in [6.45, 7) is 5.00. The molecule has 110 valence electrons. The topological polar surface area (TPSA) is 84.2 Å². The lowest BCUT2D eigenvalue weighted by atomic mass is 9.81. The van der Waals surface area contributed by atoms with Crippen molar-refractivity contribution in [2.75, 3.05) is 13.1 Å². The number of nitrogens with two attached hydrogens (primary N) is 1. The number of hydrogen-bond donors (Lipinski definition) is 3. The van der Waals surface area contributed by atoms with E-state index in [-0.39, 0.29) is 23.8 Å². The van der Waals surface area contributed by atoms with Gasteiger partial charge in [-0.05, 0) is 52.0 Å². The third kappa shape index (κ3) is 6.05. The monoisotopic (exact) mass is 269 g/mol. The van der Waals surface area contributed by atoms with Gasteiger partial charge < -0.3 is 16.4 Å². The van der Waals surface area contributed by atoms with Crippen LogP contribution >= 0.6 is 0 Å². The smallest absolute Gasteiger partial charge is 0.223 e. The van der Waals surface area contributed by atoms with Crippen molar-refractivity contribution >= 4 is 11.8 Å². The minimum atomic E-state index is -0.0119. The molecule has 0 atom stereocenters. The van der Waals surface area contributed by atoms with E-state index in [9.17, 15) is 9.59 Å². The van der Waals surface area contributed by atoms with Crippen molar-refractivity contribution in [3.8, 4) is 0 Å². The Hall–Kier alpha value is -1.10. The van der Waals surface area contributed by atoms with E-state index in [0.29, 0.717) is 18.9 Å². The van der Waals surface area contributed by atoms with Gasteiger partial charge in [-0.25, -0.2) is 0 Å². The van der Waals surface area contributed by atoms with Gasteiger partial charge in [-0.1, -0.05) is 0 Å². The van der Waals surface area contributed by atoms with E-state index in [1.807, 2.05) is 13.8 Å². The second-order valence-corrected chi connectivity index (χ2v) is 5.72. The first-order valence-electron chi connectivity index (χ1n) is 7.30. The number of carbonyl (C=O) groups is 2. The summed E-state index contributed by atoms with van der Waals surface area (Å²) in [7, 11) is 0. The van der Waals surface area contributed by atoms with Crippen molar-refractivity contribution in [2.45, 2.75) is 52.0 Å². The van der Waals surface area contributed by atoms with Gasteiger partial charge in [-0.15, -0.1) is 0 Å². The third-order valence-electron chi connectivity index (χ3n) is 3.65. The van der Waals surface area contributed by atoms with Crippen LogP contribution in [0.1, 0.15) is 46.0 Å². The number of hydrogen-bond acceptors (Lipinski definition) is 3. The normalized spacial score (nSPS) is 23.2. The Morgan fingerprint density at radius 1 is 1.21 bits per heavy atom. The van der Waals surface area contributed by atoms with Crippen LogP contribution in [0, 0.1) is 11.8 Å². The second-order valence-electron chi connectivity index (χ2n) is 5.72. The summed E-state index contributed by atoms with van der Waals surface area (Å²) in [5.74, 6) is 0.770. The summed E-state index contributed by atoms with van der Waals surface area (Å²) < 4.78 is 0. The highest BCUT2D eigenvalue weighted by Crippen LogP contribution is 2.27. The molecule has 0 radical (unpaired) electrons. The third-order valence-corrected chi connectivity index (χ3v) is 3.65. The first-order chi connectivity index (χ1) is 9.02. The summed E-state index contributed by atoms with van der Waals surface area (Å²) in [4.78, 5) is 23.3. The largest absolute Gasteiger partial charge is 0.355 e. The van der Waals surface area contributed by atoms with Gasteiger partial charge in [0.25, 0.3) is 0 Å². The molecule has 0 heterocycles. The number of nitrogens with one attached hydrogen (secondary N) is 2. The van der Waals surface area contributed by atoms with Crippen molar-refractivity contribution in [1.29, 1.82) is 0 Å². The number of carbonyl (C=O) groups excluding carboxylic acids is 2. The van der Waals surface area contributed by atoms with Gasteiger partial charge in [-0.2, -0.15) is 0 Å². The lowest BCUT2D eigenvalue weighted by Crippen LogP contribution is -2.37. The molecule has 0 saturated heterocycles. The van der Waals surface area contributed by atoms with Crippen LogP contribution in [-0.4, -0.2) is 30.9 Å². The van der Waals surface area contributed by atoms with Gasteiger partial charge in [0.1, 0.15) is 0 Å². The van der Waals surface area contributed by atoms with E-state index in [2.05, 4.69) is 10.6 Å². The van der Waals surface area contributed by atoms with E-state index in [4.69, 9.17) is 5.73 Å². The average molecular weight is 269 g/mol. The van der Waals surface area contributed by atoms with Crippen LogP contribution in [0.5, 0.6) is 0 Å². The zero-order chi connectivity index (χ0) is 14.3. The van der Waals surface area contributed by atoms with Crippen molar-refractivity contribution in [3.63, 3.8) is 0 Å². The lowest BCUT2D eigenvalue weighted by molar-refractivity contribution is -0.126. The summed E-state index contributed by atoms with van der Waals surface area (Å²) >= 11 is 0. The van der Waals surface area contributed by atoms with E-state index in [1.54, 1.807) is 0 Å². The molecule has 1 rings (SSSR count). The molecule has 0 aromatic carbocycles. The summed E-state index contributed by atoms with van der Waals surface area (Å²) in [5, 5.41) is 5.66. The zero-order valence-electron chi connectivity index (χ0n) is 12.1. The standard InChI is InChI=1S/C14H27N3O2/c1-10(2)17-13(18)7-8-16-14(19)12-5-3-11(9-15)4-6-12/h10-12H,3-9,15H2,1-2H3,(H,16,19)(H,17,18). The van der Waals surface area contributed by atoms with Crippen molar-refractivity contribution in [3.05, 3.63) is 0 Å². The summed E-state index contributed by atoms with van der Waals surface area (Å²) in [6.07, 6.45) is 4.28. The number of rotatable bonds is 6. The Morgan fingerprint density at radius 3 is 2.37 bits per heavy atom. The van der Waals surface area contributed by atoms with E-state index >= 15 is 0 Å². The van der Waals surface area contributed by atoms with Crippen LogP contribution in [0.2, 0.25) is 0 Å². The quantitative estimate of drug-likeness (QED) is 0.666. The molecular formula is C14H27N3O2. The van der Waals surface area contributed by atoms with Crippen molar-refractivity contribution in [1.82, 2.24) is 10.6 Å². The van der Waals surface area contributed by atoms with Crippen molar-refractivity contribution < 1.29 is 9.59 Å². The highest BCUT2D eigenvalue weighted by molar-refractivity contribution is 5.80. The van der Waals surface area contributed by atoms with E-state index in [0.717, 1.165) is 32.2 Å². The molecule has 0 aliphatic heterocycles. The van der Waals surface area contributed by atoms with Crippen LogP contribution < -0.4 is 16.4 Å². The van der Waals surface area contributed by atoms with Crippen molar-refractivity contribution in [2.24, 2.45) is 17.6 Å². The predicted octanol–water partition coefficient (Wildman–Crippen LogP) is 0.782. The predicted molar refractivity (Wildman–Crippen MR) is 75.4 cm³/mol. The highest BCUT2D eigenvalue weighted by Gasteiger charge is 2.25. The zero-order valence-corrected chi connectivity index (χ0v) is 12.1. The molecule has 1 saturated carbocycles. The Balaban J connectivity index is 2.16.